The maximum Gasteiger partial charge on any atom is 0.303 e. The maximum atomic E-state index is 11.7. The molecule has 6 rings (SSSR count). The van der Waals surface area contributed by atoms with Crippen LogP contribution in [0.15, 0.2) is 60.7 Å². The lowest BCUT2D eigenvalue weighted by molar-refractivity contribution is -0.139. The number of aromatic amines is 1. The van der Waals surface area contributed by atoms with Gasteiger partial charge in [-0.05, 0) is 62.0 Å². The standard InChI is InChI=1S/C35H48N6O2/c1-26-36-35(38-37-26)41(21-16-27-10-4-2-5-11-27)31-17-19-39(20-18-31)23-30-24-40(25-32(30)28-12-6-3-7-13-28)33-15-9-8-14-29(33)22-34(42)43/h2-7,10-13,29-33H,8-9,14-25H2,1H3,(H,42,43)(H,36,37,38). The molecule has 2 N–H and O–H groups in total. The number of anilines is 1. The van der Waals surface area contributed by atoms with E-state index >= 15 is 0 Å². The van der Waals surface area contributed by atoms with Crippen molar-refractivity contribution in [2.45, 2.75) is 76.3 Å². The average Bonchev–Trinajstić information content (AvgIpc) is 3.65. The van der Waals surface area contributed by atoms with Gasteiger partial charge in [0.25, 0.3) is 0 Å². The SMILES string of the molecule is Cc1nc(N(CCc2ccccc2)C2CCN(CC3CN(C4CCCCC4CC(=O)O)CC3c3ccccc3)CC2)n[nH]1. The fourth-order valence-corrected chi connectivity index (χ4v) is 8.11. The Morgan fingerprint density at radius 2 is 1.67 bits per heavy atom. The molecular formula is C35H48N6O2. The Balaban J connectivity index is 1.11. The molecule has 8 heteroatoms. The predicted molar refractivity (Wildman–Crippen MR) is 170 cm³/mol. The van der Waals surface area contributed by atoms with E-state index in [4.69, 9.17) is 4.98 Å². The van der Waals surface area contributed by atoms with E-state index in [-0.39, 0.29) is 5.92 Å². The highest BCUT2D eigenvalue weighted by molar-refractivity contribution is 5.67. The first-order valence-electron chi connectivity index (χ1n) is 16.5. The van der Waals surface area contributed by atoms with Crippen LogP contribution < -0.4 is 4.90 Å². The summed E-state index contributed by atoms with van der Waals surface area (Å²) < 4.78 is 0. The molecule has 43 heavy (non-hydrogen) atoms. The number of H-pyrrole nitrogens is 1. The first kappa shape index (κ1) is 29.8. The molecule has 230 valence electrons. The van der Waals surface area contributed by atoms with Gasteiger partial charge in [0.15, 0.2) is 0 Å². The van der Waals surface area contributed by atoms with Crippen LogP contribution >= 0.6 is 0 Å². The van der Waals surface area contributed by atoms with Gasteiger partial charge in [-0.2, -0.15) is 4.98 Å². The quantitative estimate of drug-likeness (QED) is 0.313. The zero-order chi connectivity index (χ0) is 29.6. The summed E-state index contributed by atoms with van der Waals surface area (Å²) in [5.41, 5.74) is 2.78. The van der Waals surface area contributed by atoms with Crippen molar-refractivity contribution in [1.82, 2.24) is 25.0 Å². The Bertz CT molecular complexity index is 1290. The molecule has 0 spiro atoms. The van der Waals surface area contributed by atoms with Crippen LogP contribution in [0.25, 0.3) is 0 Å². The van der Waals surface area contributed by atoms with Crippen molar-refractivity contribution in [1.29, 1.82) is 0 Å². The first-order chi connectivity index (χ1) is 21.0. The molecule has 8 nitrogen and oxygen atoms in total. The minimum absolute atomic E-state index is 0.276. The summed E-state index contributed by atoms with van der Waals surface area (Å²) in [4.78, 5) is 24.2. The number of nitrogens with one attached hydrogen (secondary N) is 1. The van der Waals surface area contributed by atoms with Crippen molar-refractivity contribution in [2.75, 3.05) is 44.2 Å². The van der Waals surface area contributed by atoms with Gasteiger partial charge in [-0.15, -0.1) is 5.10 Å². The van der Waals surface area contributed by atoms with Crippen LogP contribution in [0.2, 0.25) is 0 Å². The lowest BCUT2D eigenvalue weighted by Crippen LogP contribution is -2.48. The van der Waals surface area contributed by atoms with Gasteiger partial charge in [0.1, 0.15) is 5.82 Å². The third-order valence-electron chi connectivity index (χ3n) is 10.3. The molecule has 3 fully saturated rings. The molecule has 4 unspecified atom stereocenters. The van der Waals surface area contributed by atoms with E-state index in [1.165, 1.54) is 24.0 Å². The molecule has 4 atom stereocenters. The van der Waals surface area contributed by atoms with Gasteiger partial charge < -0.3 is 14.9 Å². The number of nitrogens with zero attached hydrogens (tertiary/aromatic N) is 5. The molecule has 0 amide bonds. The molecule has 0 radical (unpaired) electrons. The van der Waals surface area contributed by atoms with Gasteiger partial charge in [0, 0.05) is 63.7 Å². The van der Waals surface area contributed by atoms with Gasteiger partial charge in [-0.25, -0.2) is 0 Å². The number of aryl methyl sites for hydroxylation is 1. The third kappa shape index (κ3) is 7.47. The van der Waals surface area contributed by atoms with Crippen LogP contribution in [0.5, 0.6) is 0 Å². The predicted octanol–water partition coefficient (Wildman–Crippen LogP) is 5.38. The van der Waals surface area contributed by atoms with E-state index in [2.05, 4.69) is 85.6 Å². The van der Waals surface area contributed by atoms with Gasteiger partial charge in [0.05, 0.1) is 0 Å². The summed E-state index contributed by atoms with van der Waals surface area (Å²) >= 11 is 0. The fraction of sp³-hybridized carbons (Fsp3) is 0.571. The number of rotatable bonds is 11. The minimum atomic E-state index is -0.645. The number of aliphatic carboxylic acids is 1. The molecule has 1 aromatic heterocycles. The highest BCUT2D eigenvalue weighted by Gasteiger charge is 2.41. The summed E-state index contributed by atoms with van der Waals surface area (Å²) in [5.74, 6) is 2.36. The van der Waals surface area contributed by atoms with Gasteiger partial charge in [-0.3, -0.25) is 14.8 Å². The van der Waals surface area contributed by atoms with Crippen molar-refractivity contribution in [3.63, 3.8) is 0 Å². The van der Waals surface area contributed by atoms with Crippen molar-refractivity contribution < 1.29 is 9.90 Å². The van der Waals surface area contributed by atoms with Crippen LogP contribution in [-0.4, -0.2) is 87.4 Å². The van der Waals surface area contributed by atoms with E-state index in [0.29, 0.717) is 30.3 Å². The van der Waals surface area contributed by atoms with E-state index in [0.717, 1.165) is 83.1 Å². The fourth-order valence-electron chi connectivity index (χ4n) is 8.11. The zero-order valence-corrected chi connectivity index (χ0v) is 25.7. The van der Waals surface area contributed by atoms with Crippen LogP contribution in [0.4, 0.5) is 5.95 Å². The number of hydrogen-bond donors (Lipinski definition) is 2. The van der Waals surface area contributed by atoms with Crippen molar-refractivity contribution in [2.24, 2.45) is 11.8 Å². The smallest absolute Gasteiger partial charge is 0.303 e. The molecule has 2 aromatic carbocycles. The van der Waals surface area contributed by atoms with E-state index < -0.39 is 5.97 Å². The molecule has 1 saturated carbocycles. The van der Waals surface area contributed by atoms with Crippen molar-refractivity contribution >= 4 is 11.9 Å². The van der Waals surface area contributed by atoms with Crippen LogP contribution in [-0.2, 0) is 11.2 Å². The lowest BCUT2D eigenvalue weighted by Gasteiger charge is -2.40. The summed E-state index contributed by atoms with van der Waals surface area (Å²) in [7, 11) is 0. The second-order valence-corrected chi connectivity index (χ2v) is 13.1. The number of likely N-dealkylation sites (tertiary alicyclic amines) is 2. The molecule has 2 aliphatic heterocycles. The Morgan fingerprint density at radius 3 is 2.37 bits per heavy atom. The number of carboxylic acid groups (broad SMARTS) is 1. The highest BCUT2D eigenvalue weighted by Crippen LogP contribution is 2.40. The molecule has 0 bridgehead atoms. The molecular weight excluding hydrogens is 536 g/mol. The summed E-state index contributed by atoms with van der Waals surface area (Å²) in [5, 5.41) is 17.2. The summed E-state index contributed by atoms with van der Waals surface area (Å²) in [6.07, 6.45) is 8.07. The minimum Gasteiger partial charge on any atom is -0.481 e. The molecule has 2 saturated heterocycles. The third-order valence-corrected chi connectivity index (χ3v) is 10.3. The topological polar surface area (TPSA) is 88.6 Å². The lowest BCUT2D eigenvalue weighted by atomic mass is 9.81. The van der Waals surface area contributed by atoms with Crippen molar-refractivity contribution in [3.8, 4) is 0 Å². The second-order valence-electron chi connectivity index (χ2n) is 13.1. The number of carbonyl (C=O) groups is 1. The number of aromatic nitrogens is 3. The van der Waals surface area contributed by atoms with E-state index in [9.17, 15) is 9.90 Å². The van der Waals surface area contributed by atoms with Gasteiger partial charge in [0.2, 0.25) is 5.95 Å². The number of benzene rings is 2. The largest absolute Gasteiger partial charge is 0.481 e. The Kier molecular flexibility index (Phi) is 9.74. The molecule has 3 heterocycles. The van der Waals surface area contributed by atoms with Crippen LogP contribution in [0.1, 0.15) is 67.8 Å². The number of carboxylic acids is 1. The van der Waals surface area contributed by atoms with Crippen LogP contribution in [0.3, 0.4) is 0 Å². The van der Waals surface area contributed by atoms with Crippen molar-refractivity contribution in [3.05, 3.63) is 77.6 Å². The first-order valence-corrected chi connectivity index (χ1v) is 16.5. The Morgan fingerprint density at radius 1 is 0.953 bits per heavy atom. The second kappa shape index (κ2) is 14.0. The van der Waals surface area contributed by atoms with Crippen LogP contribution in [0, 0.1) is 18.8 Å². The highest BCUT2D eigenvalue weighted by atomic mass is 16.4. The normalized spacial score (nSPS) is 25.6. The average molecular weight is 585 g/mol. The Labute approximate surface area is 256 Å². The monoisotopic (exact) mass is 584 g/mol. The Hall–Kier alpha value is -3.23. The van der Waals surface area contributed by atoms with Gasteiger partial charge >= 0.3 is 5.97 Å². The van der Waals surface area contributed by atoms with Gasteiger partial charge in [-0.1, -0.05) is 73.5 Å². The number of piperidine rings is 1. The molecule has 3 aromatic rings. The summed E-state index contributed by atoms with van der Waals surface area (Å²) in [6, 6.07) is 22.6. The van der Waals surface area contributed by atoms with E-state index in [1.54, 1.807) is 0 Å². The summed E-state index contributed by atoms with van der Waals surface area (Å²) in [6.45, 7) is 8.27. The van der Waals surface area contributed by atoms with E-state index in [1.807, 2.05) is 6.92 Å². The maximum absolute atomic E-state index is 11.7. The molecule has 3 aliphatic rings. The zero-order valence-electron chi connectivity index (χ0n) is 25.7. The molecule has 1 aliphatic carbocycles. The number of hydrogen-bond acceptors (Lipinski definition) is 6.